The van der Waals surface area contributed by atoms with Crippen LogP contribution in [0.4, 0.5) is 5.69 Å². The molecule has 0 aliphatic rings. The normalized spacial score (nSPS) is 12.2. The van der Waals surface area contributed by atoms with E-state index in [2.05, 4.69) is 9.71 Å². The summed E-state index contributed by atoms with van der Waals surface area (Å²) >= 11 is 7.94. The van der Waals surface area contributed by atoms with Crippen LogP contribution in [-0.2, 0) is 16.4 Å². The van der Waals surface area contributed by atoms with Crippen molar-refractivity contribution >= 4 is 38.6 Å². The van der Waals surface area contributed by atoms with Gasteiger partial charge in [0.05, 0.1) is 16.9 Å². The Labute approximate surface area is 174 Å². The van der Waals surface area contributed by atoms with Crippen LogP contribution in [0.3, 0.4) is 0 Å². The first-order chi connectivity index (χ1) is 13.0. The number of aromatic nitrogens is 1. The molecule has 0 saturated heterocycles. The van der Waals surface area contributed by atoms with Crippen LogP contribution in [0.5, 0.6) is 0 Å². The third kappa shape index (κ3) is 5.54. The molecule has 2 aromatic heterocycles. The van der Waals surface area contributed by atoms with Crippen LogP contribution in [0.2, 0.25) is 5.02 Å². The number of pyridine rings is 1. The van der Waals surface area contributed by atoms with Gasteiger partial charge in [0.15, 0.2) is 0 Å². The van der Waals surface area contributed by atoms with Crippen molar-refractivity contribution in [3.63, 3.8) is 0 Å². The van der Waals surface area contributed by atoms with Crippen molar-refractivity contribution in [2.24, 2.45) is 0 Å². The number of nitrogens with one attached hydrogen (secondary N) is 1. The number of rotatable bonds is 6. The maximum absolute atomic E-state index is 11.4. The zero-order valence-electron chi connectivity index (χ0n) is 15.7. The monoisotopic (exact) mass is 436 g/mol. The van der Waals surface area contributed by atoms with Gasteiger partial charge in [-0.05, 0) is 66.8 Å². The minimum Gasteiger partial charge on any atom is -0.390 e. The van der Waals surface area contributed by atoms with Gasteiger partial charge in [-0.15, -0.1) is 11.3 Å². The molecular formula is C20H21ClN2O3S2. The second kappa shape index (κ2) is 7.83. The van der Waals surface area contributed by atoms with Crippen molar-refractivity contribution in [2.45, 2.75) is 25.9 Å². The van der Waals surface area contributed by atoms with Crippen LogP contribution in [0.25, 0.3) is 21.6 Å². The second-order valence-electron chi connectivity index (χ2n) is 7.29. The minimum atomic E-state index is -3.35. The standard InChI is InChI=1S/C20H21ClN2O3S2/c1-20(2,24)11-16-8-13(6-7-22-16)14-9-19(27-12-14)17-5-4-15(10-18(17)21)23-28(3,25)26/h4-10,12,23-24H,11H2,1-3H3. The zero-order valence-corrected chi connectivity index (χ0v) is 18.1. The molecule has 3 aromatic rings. The van der Waals surface area contributed by atoms with Crippen molar-refractivity contribution in [2.75, 3.05) is 11.0 Å². The minimum absolute atomic E-state index is 0.429. The van der Waals surface area contributed by atoms with Crippen molar-refractivity contribution in [3.05, 3.63) is 58.7 Å². The molecule has 0 unspecified atom stereocenters. The number of hydrogen-bond donors (Lipinski definition) is 2. The summed E-state index contributed by atoms with van der Waals surface area (Å²) in [5.74, 6) is 0. The van der Waals surface area contributed by atoms with E-state index in [9.17, 15) is 13.5 Å². The Morgan fingerprint density at radius 1 is 1.18 bits per heavy atom. The number of halogens is 1. The lowest BCUT2D eigenvalue weighted by Crippen LogP contribution is -2.22. The first-order valence-electron chi connectivity index (χ1n) is 8.54. The molecule has 0 bridgehead atoms. The van der Waals surface area contributed by atoms with E-state index in [1.807, 2.05) is 23.6 Å². The Kier molecular flexibility index (Phi) is 5.82. The fourth-order valence-corrected chi connectivity index (χ4v) is 4.67. The quantitative estimate of drug-likeness (QED) is 0.580. The molecule has 2 N–H and O–H groups in total. The number of anilines is 1. The molecule has 148 valence electrons. The van der Waals surface area contributed by atoms with Gasteiger partial charge in [-0.2, -0.15) is 0 Å². The topological polar surface area (TPSA) is 79.3 Å². The summed E-state index contributed by atoms with van der Waals surface area (Å²) in [6.07, 6.45) is 3.31. The average molecular weight is 437 g/mol. The molecule has 1 aromatic carbocycles. The van der Waals surface area contributed by atoms with Crippen LogP contribution >= 0.6 is 22.9 Å². The van der Waals surface area contributed by atoms with Gasteiger partial charge in [-0.25, -0.2) is 8.42 Å². The summed E-state index contributed by atoms with van der Waals surface area (Å²) in [5.41, 5.74) is 3.32. The van der Waals surface area contributed by atoms with E-state index >= 15 is 0 Å². The number of nitrogens with zero attached hydrogens (tertiary/aromatic N) is 1. The van der Waals surface area contributed by atoms with Crippen molar-refractivity contribution in [1.82, 2.24) is 4.98 Å². The first kappa shape index (κ1) is 20.8. The number of sulfonamides is 1. The van der Waals surface area contributed by atoms with E-state index < -0.39 is 15.6 Å². The molecule has 0 aliphatic heterocycles. The summed E-state index contributed by atoms with van der Waals surface area (Å²) in [7, 11) is -3.35. The highest BCUT2D eigenvalue weighted by Gasteiger charge is 2.15. The molecule has 0 fully saturated rings. The molecule has 0 aliphatic carbocycles. The largest absolute Gasteiger partial charge is 0.390 e. The molecule has 5 nitrogen and oxygen atoms in total. The molecule has 0 amide bonds. The summed E-state index contributed by atoms with van der Waals surface area (Å²) in [6, 6.07) is 11.0. The van der Waals surface area contributed by atoms with E-state index in [1.54, 1.807) is 49.6 Å². The number of thiophene rings is 1. The Hall–Kier alpha value is -1.93. The third-order valence-electron chi connectivity index (χ3n) is 3.90. The molecule has 8 heteroatoms. The maximum atomic E-state index is 11.4. The Morgan fingerprint density at radius 2 is 1.93 bits per heavy atom. The highest BCUT2D eigenvalue weighted by Crippen LogP contribution is 2.37. The van der Waals surface area contributed by atoms with E-state index in [4.69, 9.17) is 11.6 Å². The lowest BCUT2D eigenvalue weighted by Gasteiger charge is -2.16. The van der Waals surface area contributed by atoms with Gasteiger partial charge in [0, 0.05) is 34.4 Å². The fraction of sp³-hybridized carbons (Fsp3) is 0.250. The van der Waals surface area contributed by atoms with E-state index in [0.29, 0.717) is 17.1 Å². The van der Waals surface area contributed by atoms with Crippen LogP contribution in [0, 0.1) is 0 Å². The zero-order chi connectivity index (χ0) is 20.5. The van der Waals surface area contributed by atoms with Crippen LogP contribution < -0.4 is 4.72 Å². The third-order valence-corrected chi connectivity index (χ3v) is 5.78. The van der Waals surface area contributed by atoms with E-state index in [0.717, 1.165) is 33.5 Å². The fourth-order valence-electron chi connectivity index (χ4n) is 2.82. The molecule has 0 radical (unpaired) electrons. The Balaban J connectivity index is 1.88. The van der Waals surface area contributed by atoms with Crippen molar-refractivity contribution in [3.8, 4) is 21.6 Å². The highest BCUT2D eigenvalue weighted by molar-refractivity contribution is 7.92. The molecule has 0 saturated carbocycles. The van der Waals surface area contributed by atoms with Gasteiger partial charge in [0.2, 0.25) is 10.0 Å². The second-order valence-corrected chi connectivity index (χ2v) is 10.4. The Morgan fingerprint density at radius 3 is 2.57 bits per heavy atom. The smallest absolute Gasteiger partial charge is 0.229 e. The molecule has 2 heterocycles. The van der Waals surface area contributed by atoms with Gasteiger partial charge < -0.3 is 5.11 Å². The summed E-state index contributed by atoms with van der Waals surface area (Å²) < 4.78 is 25.2. The summed E-state index contributed by atoms with van der Waals surface area (Å²) in [6.45, 7) is 3.52. The maximum Gasteiger partial charge on any atom is 0.229 e. The Bertz CT molecular complexity index is 1100. The lowest BCUT2D eigenvalue weighted by molar-refractivity contribution is 0.0800. The van der Waals surface area contributed by atoms with Gasteiger partial charge in [0.1, 0.15) is 0 Å². The van der Waals surface area contributed by atoms with Gasteiger partial charge in [-0.1, -0.05) is 11.6 Å². The number of hydrogen-bond acceptors (Lipinski definition) is 5. The predicted molar refractivity (Wildman–Crippen MR) is 116 cm³/mol. The highest BCUT2D eigenvalue weighted by atomic mass is 35.5. The average Bonchev–Trinajstić information content (AvgIpc) is 3.02. The summed E-state index contributed by atoms with van der Waals surface area (Å²) in [5, 5.41) is 12.5. The number of benzene rings is 1. The lowest BCUT2D eigenvalue weighted by atomic mass is 10.0. The molecule has 28 heavy (non-hydrogen) atoms. The van der Waals surface area contributed by atoms with Crippen molar-refractivity contribution in [1.29, 1.82) is 0 Å². The van der Waals surface area contributed by atoms with Crippen molar-refractivity contribution < 1.29 is 13.5 Å². The number of aliphatic hydroxyl groups is 1. The molecule has 0 spiro atoms. The summed E-state index contributed by atoms with van der Waals surface area (Å²) in [4.78, 5) is 5.31. The van der Waals surface area contributed by atoms with Crippen LogP contribution in [0.15, 0.2) is 48.0 Å². The molecular weight excluding hydrogens is 416 g/mol. The van der Waals surface area contributed by atoms with Gasteiger partial charge in [-0.3, -0.25) is 9.71 Å². The van der Waals surface area contributed by atoms with E-state index in [1.165, 1.54) is 0 Å². The molecule has 0 atom stereocenters. The SMILES string of the molecule is CC(C)(O)Cc1cc(-c2csc(-c3ccc(NS(C)(=O)=O)cc3Cl)c2)ccn1. The van der Waals surface area contributed by atoms with Crippen LogP contribution in [-0.4, -0.2) is 30.4 Å². The predicted octanol–water partition coefficient (Wildman–Crippen LogP) is 4.82. The van der Waals surface area contributed by atoms with E-state index in [-0.39, 0.29) is 0 Å². The van der Waals surface area contributed by atoms with Gasteiger partial charge in [0.25, 0.3) is 0 Å². The van der Waals surface area contributed by atoms with Gasteiger partial charge >= 0.3 is 0 Å². The van der Waals surface area contributed by atoms with Crippen LogP contribution in [0.1, 0.15) is 19.5 Å². The molecule has 3 rings (SSSR count). The first-order valence-corrected chi connectivity index (χ1v) is 11.7.